The second-order valence-electron chi connectivity index (χ2n) is 10.4. The van der Waals surface area contributed by atoms with E-state index in [9.17, 15) is 9.59 Å². The Morgan fingerprint density at radius 2 is 1.66 bits per heavy atom. The third kappa shape index (κ3) is 5.57. The van der Waals surface area contributed by atoms with Crippen molar-refractivity contribution < 1.29 is 23.8 Å². The molecule has 41 heavy (non-hydrogen) atoms. The van der Waals surface area contributed by atoms with Crippen molar-refractivity contribution in [1.29, 1.82) is 0 Å². The Hall–Kier alpha value is -4.52. The molecule has 212 valence electrons. The van der Waals surface area contributed by atoms with Crippen LogP contribution in [-0.2, 0) is 9.59 Å². The van der Waals surface area contributed by atoms with Gasteiger partial charge in [-0.3, -0.25) is 9.59 Å². The molecule has 2 N–H and O–H groups in total. The smallest absolute Gasteiger partial charge is 0.254 e. The number of methoxy groups -OCH3 is 2. The zero-order chi connectivity index (χ0) is 29.1. The van der Waals surface area contributed by atoms with Crippen molar-refractivity contribution >= 4 is 17.4 Å². The van der Waals surface area contributed by atoms with Gasteiger partial charge in [0, 0.05) is 40.2 Å². The Morgan fingerprint density at radius 3 is 2.37 bits per heavy atom. The first-order valence-electron chi connectivity index (χ1n) is 13.9. The molecular weight excluding hydrogens is 516 g/mol. The summed E-state index contributed by atoms with van der Waals surface area (Å²) in [6, 6.07) is 21.1. The average Bonchev–Trinajstić information content (AvgIpc) is 2.97. The van der Waals surface area contributed by atoms with Gasteiger partial charge in [-0.1, -0.05) is 42.0 Å². The van der Waals surface area contributed by atoms with E-state index in [4.69, 9.17) is 14.2 Å². The fourth-order valence-electron chi connectivity index (χ4n) is 5.83. The van der Waals surface area contributed by atoms with Crippen LogP contribution in [0.25, 0.3) is 0 Å². The first-order valence-corrected chi connectivity index (χ1v) is 13.9. The number of rotatable bonds is 8. The standard InChI is InChI=1S/C34H36N2O5/c1-6-41-28-10-8-7-9-25(28)32-31(34(38)36-24-14-11-20(2)12-15-24)21(3)35-26-17-23(18-27(37)33(26)32)22-13-16-29(39-4)30(19-22)40-5/h7-16,19,23,32,35H,6,17-18H2,1-5H3,(H,36,38). The number of Topliss-reactive ketones (excluding diaryl/α,β-unsaturated/α-hetero) is 1. The van der Waals surface area contributed by atoms with E-state index >= 15 is 0 Å². The highest BCUT2D eigenvalue weighted by atomic mass is 16.5. The lowest BCUT2D eigenvalue weighted by Gasteiger charge is -2.37. The van der Waals surface area contributed by atoms with Crippen LogP contribution < -0.4 is 24.8 Å². The number of para-hydroxylation sites is 1. The topological polar surface area (TPSA) is 85.9 Å². The molecule has 7 nitrogen and oxygen atoms in total. The lowest BCUT2D eigenvalue weighted by atomic mass is 9.71. The van der Waals surface area contributed by atoms with Crippen LogP contribution in [-0.4, -0.2) is 32.5 Å². The summed E-state index contributed by atoms with van der Waals surface area (Å²) in [6.07, 6.45) is 0.934. The van der Waals surface area contributed by atoms with Crippen LogP contribution in [0.1, 0.15) is 55.2 Å². The van der Waals surface area contributed by atoms with Crippen molar-refractivity contribution in [1.82, 2.24) is 5.32 Å². The summed E-state index contributed by atoms with van der Waals surface area (Å²) in [4.78, 5) is 28.0. The van der Waals surface area contributed by atoms with E-state index in [0.717, 1.165) is 22.4 Å². The van der Waals surface area contributed by atoms with Crippen LogP contribution in [0.5, 0.6) is 17.2 Å². The molecule has 1 aliphatic carbocycles. The number of allylic oxidation sites excluding steroid dienone is 3. The predicted molar refractivity (Wildman–Crippen MR) is 160 cm³/mol. The lowest BCUT2D eigenvalue weighted by molar-refractivity contribution is -0.116. The van der Waals surface area contributed by atoms with Crippen molar-refractivity contribution in [2.24, 2.45) is 0 Å². The SMILES string of the molecule is CCOc1ccccc1C1C(C(=O)Nc2ccc(C)cc2)=C(C)NC2=C1C(=O)CC(c1ccc(OC)c(OC)c1)C2. The number of carbonyl (C=O) groups excluding carboxylic acids is 2. The summed E-state index contributed by atoms with van der Waals surface area (Å²) < 4.78 is 16.9. The van der Waals surface area contributed by atoms with Crippen LogP contribution in [0, 0.1) is 6.92 Å². The van der Waals surface area contributed by atoms with Crippen LogP contribution in [0.15, 0.2) is 89.3 Å². The number of benzene rings is 3. The summed E-state index contributed by atoms with van der Waals surface area (Å²) in [7, 11) is 3.21. The van der Waals surface area contributed by atoms with Gasteiger partial charge >= 0.3 is 0 Å². The second-order valence-corrected chi connectivity index (χ2v) is 10.4. The Kier molecular flexibility index (Phi) is 8.15. The zero-order valence-corrected chi connectivity index (χ0v) is 24.2. The Labute approximate surface area is 241 Å². The van der Waals surface area contributed by atoms with Crippen LogP contribution >= 0.6 is 0 Å². The highest BCUT2D eigenvalue weighted by Gasteiger charge is 2.42. The normalized spacial score (nSPS) is 18.4. The highest BCUT2D eigenvalue weighted by molar-refractivity contribution is 6.10. The van der Waals surface area contributed by atoms with Gasteiger partial charge in [0.15, 0.2) is 17.3 Å². The summed E-state index contributed by atoms with van der Waals surface area (Å²) in [6.45, 7) is 6.29. The summed E-state index contributed by atoms with van der Waals surface area (Å²) in [5.74, 6) is 1.06. The number of aryl methyl sites for hydroxylation is 1. The average molecular weight is 553 g/mol. The molecule has 1 heterocycles. The third-order valence-corrected chi connectivity index (χ3v) is 7.79. The third-order valence-electron chi connectivity index (χ3n) is 7.79. The number of hydrogen-bond donors (Lipinski definition) is 2. The minimum Gasteiger partial charge on any atom is -0.494 e. The number of anilines is 1. The Balaban J connectivity index is 1.57. The van der Waals surface area contributed by atoms with E-state index < -0.39 is 5.92 Å². The minimum absolute atomic E-state index is 0.00275. The van der Waals surface area contributed by atoms with E-state index in [0.29, 0.717) is 59.2 Å². The molecule has 3 aromatic rings. The largest absolute Gasteiger partial charge is 0.494 e. The zero-order valence-electron chi connectivity index (χ0n) is 24.2. The molecule has 0 spiro atoms. The van der Waals surface area contributed by atoms with E-state index in [2.05, 4.69) is 10.6 Å². The first-order chi connectivity index (χ1) is 19.8. The van der Waals surface area contributed by atoms with Gasteiger partial charge in [-0.2, -0.15) is 0 Å². The lowest BCUT2D eigenvalue weighted by Crippen LogP contribution is -2.37. The molecule has 5 rings (SSSR count). The molecule has 0 radical (unpaired) electrons. The molecule has 0 aromatic heterocycles. The second kappa shape index (κ2) is 11.9. The van der Waals surface area contributed by atoms with Gasteiger partial charge in [-0.05, 0) is 69.0 Å². The van der Waals surface area contributed by atoms with E-state index in [1.54, 1.807) is 14.2 Å². The number of ether oxygens (including phenoxy) is 3. The summed E-state index contributed by atoms with van der Waals surface area (Å²) in [5, 5.41) is 6.51. The maximum atomic E-state index is 14.1. The molecule has 3 aromatic carbocycles. The predicted octanol–water partition coefficient (Wildman–Crippen LogP) is 6.41. The van der Waals surface area contributed by atoms with Gasteiger partial charge in [0.25, 0.3) is 5.91 Å². The molecule has 1 amide bonds. The molecule has 0 bridgehead atoms. The minimum atomic E-state index is -0.571. The van der Waals surface area contributed by atoms with Gasteiger partial charge in [-0.15, -0.1) is 0 Å². The van der Waals surface area contributed by atoms with Crippen LogP contribution in [0.3, 0.4) is 0 Å². The number of dihydropyridines is 1. The quantitative estimate of drug-likeness (QED) is 0.336. The molecule has 1 aliphatic heterocycles. The molecule has 2 aliphatic rings. The van der Waals surface area contributed by atoms with Gasteiger partial charge < -0.3 is 24.8 Å². The van der Waals surface area contributed by atoms with E-state index in [-0.39, 0.29) is 17.6 Å². The Morgan fingerprint density at radius 1 is 0.927 bits per heavy atom. The summed E-state index contributed by atoms with van der Waals surface area (Å²) >= 11 is 0. The van der Waals surface area contributed by atoms with Crippen molar-refractivity contribution in [3.05, 3.63) is 106 Å². The number of amides is 1. The van der Waals surface area contributed by atoms with Crippen molar-refractivity contribution in [2.75, 3.05) is 26.1 Å². The van der Waals surface area contributed by atoms with Crippen LogP contribution in [0.4, 0.5) is 5.69 Å². The number of ketones is 1. The molecule has 2 unspecified atom stereocenters. The fourth-order valence-corrected chi connectivity index (χ4v) is 5.83. The monoisotopic (exact) mass is 552 g/mol. The Bertz CT molecular complexity index is 1540. The number of carbonyl (C=O) groups is 2. The van der Waals surface area contributed by atoms with Gasteiger partial charge in [-0.25, -0.2) is 0 Å². The van der Waals surface area contributed by atoms with Gasteiger partial charge in [0.1, 0.15) is 5.75 Å². The van der Waals surface area contributed by atoms with E-state index in [1.165, 1.54) is 0 Å². The van der Waals surface area contributed by atoms with Crippen molar-refractivity contribution in [3.63, 3.8) is 0 Å². The molecular formula is C34H36N2O5. The maximum Gasteiger partial charge on any atom is 0.254 e. The van der Waals surface area contributed by atoms with Gasteiger partial charge in [0.2, 0.25) is 0 Å². The molecule has 2 atom stereocenters. The van der Waals surface area contributed by atoms with Crippen LogP contribution in [0.2, 0.25) is 0 Å². The van der Waals surface area contributed by atoms with E-state index in [1.807, 2.05) is 87.5 Å². The fraction of sp³-hybridized carbons (Fsp3) is 0.294. The maximum absolute atomic E-state index is 14.1. The first kappa shape index (κ1) is 28.0. The van der Waals surface area contributed by atoms with Gasteiger partial charge in [0.05, 0.1) is 26.7 Å². The number of hydrogen-bond acceptors (Lipinski definition) is 6. The van der Waals surface area contributed by atoms with Crippen molar-refractivity contribution in [3.8, 4) is 17.2 Å². The highest BCUT2D eigenvalue weighted by Crippen LogP contribution is 2.48. The summed E-state index contributed by atoms with van der Waals surface area (Å²) in [5.41, 5.74) is 6.28. The van der Waals surface area contributed by atoms with Crippen molar-refractivity contribution in [2.45, 2.75) is 45.4 Å². The number of nitrogens with one attached hydrogen (secondary N) is 2. The molecule has 0 fully saturated rings. The molecule has 7 heteroatoms. The molecule has 0 saturated heterocycles. The molecule has 0 saturated carbocycles.